The van der Waals surface area contributed by atoms with Crippen molar-refractivity contribution in [2.24, 2.45) is 0 Å². The number of anilines is 2. The monoisotopic (exact) mass is 220 g/mol. The Hall–Kier alpha value is -1.51. The van der Waals surface area contributed by atoms with Crippen molar-refractivity contribution in [2.75, 3.05) is 17.7 Å². The molecule has 0 aliphatic carbocycles. The maximum atomic E-state index is 11.8. The quantitative estimate of drug-likeness (QED) is 0.612. The first-order chi connectivity index (χ1) is 7.65. The molecule has 1 rings (SSSR count). The van der Waals surface area contributed by atoms with Crippen LogP contribution in [0.15, 0.2) is 24.3 Å². The number of carbonyl (C=O) groups is 1. The van der Waals surface area contributed by atoms with E-state index in [1.807, 2.05) is 24.3 Å². The molecule has 0 unspecified atom stereocenters. The zero-order valence-electron chi connectivity index (χ0n) is 10.1. The molecule has 0 aliphatic heterocycles. The topological polar surface area (TPSA) is 46.3 Å². The number of benzene rings is 1. The van der Waals surface area contributed by atoms with Crippen molar-refractivity contribution in [3.63, 3.8) is 0 Å². The number of nitrogens with two attached hydrogens (primary N) is 1. The minimum Gasteiger partial charge on any atom is -0.399 e. The van der Waals surface area contributed by atoms with E-state index in [9.17, 15) is 4.79 Å². The van der Waals surface area contributed by atoms with Crippen LogP contribution in [-0.2, 0) is 4.79 Å². The predicted molar refractivity (Wildman–Crippen MR) is 68.4 cm³/mol. The van der Waals surface area contributed by atoms with Crippen molar-refractivity contribution >= 4 is 17.3 Å². The van der Waals surface area contributed by atoms with Crippen LogP contribution < -0.4 is 10.6 Å². The summed E-state index contributed by atoms with van der Waals surface area (Å²) in [4.78, 5) is 13.5. The van der Waals surface area contributed by atoms with Crippen molar-refractivity contribution in [3.05, 3.63) is 24.3 Å². The lowest BCUT2D eigenvalue weighted by molar-refractivity contribution is -0.118. The highest BCUT2D eigenvalue weighted by Crippen LogP contribution is 2.16. The first kappa shape index (κ1) is 12.6. The fourth-order valence-corrected chi connectivity index (χ4v) is 1.54. The molecule has 0 aromatic heterocycles. The number of carbonyl (C=O) groups excluding carboxylic acids is 1. The highest BCUT2D eigenvalue weighted by molar-refractivity contribution is 5.92. The van der Waals surface area contributed by atoms with Crippen LogP contribution in [0.5, 0.6) is 0 Å². The molecule has 0 bridgehead atoms. The van der Waals surface area contributed by atoms with E-state index in [0.29, 0.717) is 6.42 Å². The van der Waals surface area contributed by atoms with E-state index in [0.717, 1.165) is 30.6 Å². The third-order valence-corrected chi connectivity index (χ3v) is 2.65. The maximum absolute atomic E-state index is 11.8. The van der Waals surface area contributed by atoms with Gasteiger partial charge in [0.1, 0.15) is 0 Å². The Kier molecular flexibility index (Phi) is 4.83. The zero-order chi connectivity index (χ0) is 12.0. The molecule has 2 N–H and O–H groups in total. The SMILES string of the molecule is CCCCCC(=O)N(C)c1ccc(N)cc1. The fourth-order valence-electron chi connectivity index (χ4n) is 1.54. The molecule has 3 nitrogen and oxygen atoms in total. The largest absolute Gasteiger partial charge is 0.399 e. The van der Waals surface area contributed by atoms with Crippen LogP contribution in [0.3, 0.4) is 0 Å². The molecule has 0 radical (unpaired) electrons. The number of nitrogens with zero attached hydrogens (tertiary/aromatic N) is 1. The van der Waals surface area contributed by atoms with Crippen LogP contribution in [0.25, 0.3) is 0 Å². The first-order valence-electron chi connectivity index (χ1n) is 5.77. The molecule has 0 spiro atoms. The summed E-state index contributed by atoms with van der Waals surface area (Å²) in [6.07, 6.45) is 3.84. The normalized spacial score (nSPS) is 10.1. The summed E-state index contributed by atoms with van der Waals surface area (Å²) in [5.74, 6) is 0.165. The van der Waals surface area contributed by atoms with Gasteiger partial charge in [-0.15, -0.1) is 0 Å². The lowest BCUT2D eigenvalue weighted by Crippen LogP contribution is -2.25. The van der Waals surface area contributed by atoms with Gasteiger partial charge in [0.25, 0.3) is 0 Å². The van der Waals surface area contributed by atoms with Crippen molar-refractivity contribution in [1.29, 1.82) is 0 Å². The molecule has 0 fully saturated rings. The smallest absolute Gasteiger partial charge is 0.226 e. The summed E-state index contributed by atoms with van der Waals surface area (Å²) in [7, 11) is 1.81. The zero-order valence-corrected chi connectivity index (χ0v) is 10.1. The van der Waals surface area contributed by atoms with E-state index >= 15 is 0 Å². The van der Waals surface area contributed by atoms with Gasteiger partial charge in [-0.25, -0.2) is 0 Å². The van der Waals surface area contributed by atoms with Crippen LogP contribution in [-0.4, -0.2) is 13.0 Å². The van der Waals surface area contributed by atoms with Crippen molar-refractivity contribution in [2.45, 2.75) is 32.6 Å². The summed E-state index contributed by atoms with van der Waals surface area (Å²) in [5.41, 5.74) is 7.21. The minimum atomic E-state index is 0.165. The number of nitrogen functional groups attached to an aromatic ring is 1. The molecule has 0 saturated heterocycles. The van der Waals surface area contributed by atoms with Gasteiger partial charge in [-0.2, -0.15) is 0 Å². The molecule has 1 aromatic carbocycles. The molecular weight excluding hydrogens is 200 g/mol. The Morgan fingerprint density at radius 2 is 1.88 bits per heavy atom. The fraction of sp³-hybridized carbons (Fsp3) is 0.462. The Balaban J connectivity index is 2.53. The highest BCUT2D eigenvalue weighted by Gasteiger charge is 2.09. The molecule has 0 aliphatic rings. The third-order valence-electron chi connectivity index (χ3n) is 2.65. The number of hydrogen-bond acceptors (Lipinski definition) is 2. The summed E-state index contributed by atoms with van der Waals surface area (Å²) < 4.78 is 0. The second-order valence-corrected chi connectivity index (χ2v) is 4.00. The van der Waals surface area contributed by atoms with Crippen LogP contribution in [0.2, 0.25) is 0 Å². The standard InChI is InChI=1S/C13H20N2O/c1-3-4-5-6-13(16)15(2)12-9-7-11(14)8-10-12/h7-10H,3-6,14H2,1-2H3. The van der Waals surface area contributed by atoms with Crippen LogP contribution >= 0.6 is 0 Å². The predicted octanol–water partition coefficient (Wildman–Crippen LogP) is 2.81. The second kappa shape index (κ2) is 6.16. The average molecular weight is 220 g/mol. The molecule has 88 valence electrons. The van der Waals surface area contributed by atoms with Gasteiger partial charge in [-0.1, -0.05) is 19.8 Å². The summed E-state index contributed by atoms with van der Waals surface area (Å²) in [5, 5.41) is 0. The Labute approximate surface area is 97.2 Å². The summed E-state index contributed by atoms with van der Waals surface area (Å²) in [6.45, 7) is 2.13. The number of amides is 1. The van der Waals surface area contributed by atoms with Gasteiger partial charge in [0.15, 0.2) is 0 Å². The van der Waals surface area contributed by atoms with Crippen molar-refractivity contribution in [1.82, 2.24) is 0 Å². The van der Waals surface area contributed by atoms with E-state index in [1.54, 1.807) is 11.9 Å². The van der Waals surface area contributed by atoms with Crippen LogP contribution in [0.4, 0.5) is 11.4 Å². The van der Waals surface area contributed by atoms with Gasteiger partial charge in [0.2, 0.25) is 5.91 Å². The van der Waals surface area contributed by atoms with E-state index in [4.69, 9.17) is 5.73 Å². The second-order valence-electron chi connectivity index (χ2n) is 4.00. The molecule has 0 heterocycles. The van der Waals surface area contributed by atoms with E-state index in [-0.39, 0.29) is 5.91 Å². The van der Waals surface area contributed by atoms with Gasteiger partial charge in [-0.3, -0.25) is 4.79 Å². The number of hydrogen-bond donors (Lipinski definition) is 1. The van der Waals surface area contributed by atoms with Gasteiger partial charge < -0.3 is 10.6 Å². The molecular formula is C13H20N2O. The maximum Gasteiger partial charge on any atom is 0.226 e. The van der Waals surface area contributed by atoms with E-state index in [2.05, 4.69) is 6.92 Å². The Morgan fingerprint density at radius 1 is 1.25 bits per heavy atom. The molecule has 1 aromatic rings. The Morgan fingerprint density at radius 3 is 2.44 bits per heavy atom. The van der Waals surface area contributed by atoms with Crippen molar-refractivity contribution < 1.29 is 4.79 Å². The Bertz CT molecular complexity index is 332. The van der Waals surface area contributed by atoms with Crippen molar-refractivity contribution in [3.8, 4) is 0 Å². The summed E-state index contributed by atoms with van der Waals surface area (Å²) >= 11 is 0. The molecule has 3 heteroatoms. The molecule has 0 saturated carbocycles. The lowest BCUT2D eigenvalue weighted by atomic mass is 10.2. The van der Waals surface area contributed by atoms with Gasteiger partial charge in [0, 0.05) is 24.8 Å². The summed E-state index contributed by atoms with van der Waals surface area (Å²) in [6, 6.07) is 7.36. The average Bonchev–Trinajstić information content (AvgIpc) is 2.29. The first-order valence-corrected chi connectivity index (χ1v) is 5.77. The molecule has 16 heavy (non-hydrogen) atoms. The van der Waals surface area contributed by atoms with Gasteiger partial charge in [0.05, 0.1) is 0 Å². The van der Waals surface area contributed by atoms with Gasteiger partial charge in [-0.05, 0) is 30.7 Å². The van der Waals surface area contributed by atoms with Gasteiger partial charge >= 0.3 is 0 Å². The van der Waals surface area contributed by atoms with Crippen LogP contribution in [0.1, 0.15) is 32.6 Å². The number of rotatable bonds is 5. The number of unbranched alkanes of at least 4 members (excludes halogenated alkanes) is 2. The molecule has 1 amide bonds. The minimum absolute atomic E-state index is 0.165. The van der Waals surface area contributed by atoms with E-state index < -0.39 is 0 Å². The lowest BCUT2D eigenvalue weighted by Gasteiger charge is -2.17. The highest BCUT2D eigenvalue weighted by atomic mass is 16.2. The molecule has 0 atom stereocenters. The van der Waals surface area contributed by atoms with Crippen LogP contribution in [0, 0.1) is 0 Å². The van der Waals surface area contributed by atoms with E-state index in [1.165, 1.54) is 0 Å². The third kappa shape index (κ3) is 3.57.